The Balaban J connectivity index is 3.63. The Labute approximate surface area is 59.7 Å². The predicted octanol–water partition coefficient (Wildman–Crippen LogP) is -0.832. The van der Waals surface area contributed by atoms with Crippen molar-refractivity contribution < 1.29 is 20.4 Å². The van der Waals surface area contributed by atoms with Crippen LogP contribution in [0.3, 0.4) is 0 Å². The molecule has 0 radical (unpaired) electrons. The van der Waals surface area contributed by atoms with Gasteiger partial charge in [-0.2, -0.15) is 0 Å². The molecule has 0 heterocycles. The highest BCUT2D eigenvalue weighted by Crippen LogP contribution is 2.13. The van der Waals surface area contributed by atoms with Gasteiger partial charge in [0.1, 0.15) is 0 Å². The van der Waals surface area contributed by atoms with Gasteiger partial charge in [0.2, 0.25) is 12.1 Å². The molecule has 0 aliphatic rings. The Morgan fingerprint density at radius 2 is 1.80 bits per heavy atom. The third-order valence-electron chi connectivity index (χ3n) is 1.31. The minimum atomic E-state index is -2.34. The topological polar surface area (TPSA) is 80.9 Å². The zero-order valence-corrected chi connectivity index (χ0v) is 5.99. The lowest BCUT2D eigenvalue weighted by Crippen LogP contribution is -2.41. The lowest BCUT2D eigenvalue weighted by Gasteiger charge is -2.22. The summed E-state index contributed by atoms with van der Waals surface area (Å²) in [5.41, 5.74) is 0. The summed E-state index contributed by atoms with van der Waals surface area (Å²) in [6.45, 7) is 1.87. The van der Waals surface area contributed by atoms with Crippen LogP contribution in [0.2, 0.25) is 0 Å². The SMILES string of the molecule is CCCCC(O)(O)C(O)O. The average Bonchev–Trinajstić information content (AvgIpc) is 1.84. The number of hydrogen-bond acceptors (Lipinski definition) is 4. The molecule has 4 heteroatoms. The Bertz CT molecular complexity index is 89.7. The Morgan fingerprint density at radius 1 is 1.30 bits per heavy atom. The number of rotatable bonds is 4. The van der Waals surface area contributed by atoms with Crippen molar-refractivity contribution in [2.24, 2.45) is 0 Å². The minimum absolute atomic E-state index is 0.0127. The van der Waals surface area contributed by atoms with Crippen molar-refractivity contribution in [1.82, 2.24) is 0 Å². The molecule has 10 heavy (non-hydrogen) atoms. The van der Waals surface area contributed by atoms with Gasteiger partial charge in [0.05, 0.1) is 0 Å². The molecule has 4 nitrogen and oxygen atoms in total. The summed E-state index contributed by atoms with van der Waals surface area (Å²) in [4.78, 5) is 0. The molecule has 4 N–H and O–H groups in total. The van der Waals surface area contributed by atoms with Crippen LogP contribution in [0, 0.1) is 0 Å². The predicted molar refractivity (Wildman–Crippen MR) is 34.9 cm³/mol. The molecule has 0 saturated carbocycles. The largest absolute Gasteiger partial charge is 0.364 e. The zero-order valence-electron chi connectivity index (χ0n) is 5.99. The smallest absolute Gasteiger partial charge is 0.215 e. The van der Waals surface area contributed by atoms with Gasteiger partial charge in [0, 0.05) is 6.42 Å². The first-order valence-corrected chi connectivity index (χ1v) is 3.31. The van der Waals surface area contributed by atoms with Gasteiger partial charge in [-0.1, -0.05) is 13.3 Å². The van der Waals surface area contributed by atoms with Crippen LogP contribution in [-0.4, -0.2) is 32.5 Å². The van der Waals surface area contributed by atoms with Crippen LogP contribution in [0.4, 0.5) is 0 Å². The number of aliphatic hydroxyl groups excluding tert-OH is 1. The van der Waals surface area contributed by atoms with Crippen LogP contribution in [0.1, 0.15) is 26.2 Å². The van der Waals surface area contributed by atoms with Gasteiger partial charge in [-0.25, -0.2) is 0 Å². The maximum atomic E-state index is 8.78. The molecule has 0 saturated heterocycles. The van der Waals surface area contributed by atoms with Crippen molar-refractivity contribution in [1.29, 1.82) is 0 Å². The zero-order chi connectivity index (χ0) is 8.20. The van der Waals surface area contributed by atoms with E-state index >= 15 is 0 Å². The lowest BCUT2D eigenvalue weighted by molar-refractivity contribution is -0.292. The van der Waals surface area contributed by atoms with Crippen molar-refractivity contribution in [2.75, 3.05) is 0 Å². The van der Waals surface area contributed by atoms with Gasteiger partial charge in [-0.05, 0) is 6.42 Å². The third kappa shape index (κ3) is 3.12. The fourth-order valence-corrected chi connectivity index (χ4v) is 0.566. The van der Waals surface area contributed by atoms with E-state index in [1.54, 1.807) is 0 Å². The van der Waals surface area contributed by atoms with Gasteiger partial charge in [0.25, 0.3) is 0 Å². The normalized spacial score (nSPS) is 12.6. The van der Waals surface area contributed by atoms with Crippen LogP contribution < -0.4 is 0 Å². The molecule has 0 aromatic carbocycles. The summed E-state index contributed by atoms with van der Waals surface area (Å²) in [5, 5.41) is 34.3. The van der Waals surface area contributed by atoms with E-state index < -0.39 is 12.1 Å². The van der Waals surface area contributed by atoms with Crippen LogP contribution in [-0.2, 0) is 0 Å². The van der Waals surface area contributed by atoms with Crippen molar-refractivity contribution in [2.45, 2.75) is 38.3 Å². The Hall–Kier alpha value is -0.160. The molecular weight excluding hydrogens is 136 g/mol. The molecule has 0 bridgehead atoms. The number of hydrogen-bond donors (Lipinski definition) is 4. The highest BCUT2D eigenvalue weighted by atomic mass is 16.6. The number of unbranched alkanes of at least 4 members (excludes halogenated alkanes) is 1. The van der Waals surface area contributed by atoms with Gasteiger partial charge in [-0.3, -0.25) is 0 Å². The van der Waals surface area contributed by atoms with E-state index in [2.05, 4.69) is 0 Å². The first kappa shape index (κ1) is 9.84. The molecule has 0 aromatic rings. The maximum absolute atomic E-state index is 8.78. The molecular formula is C6H14O4. The molecule has 0 aliphatic carbocycles. The van der Waals surface area contributed by atoms with E-state index in [0.717, 1.165) is 6.42 Å². The molecule has 0 fully saturated rings. The van der Waals surface area contributed by atoms with Crippen LogP contribution in [0.25, 0.3) is 0 Å². The summed E-state index contributed by atoms with van der Waals surface area (Å²) in [7, 11) is 0. The average molecular weight is 150 g/mol. The molecule has 0 atom stereocenters. The Morgan fingerprint density at radius 3 is 2.10 bits per heavy atom. The minimum Gasteiger partial charge on any atom is -0.364 e. The van der Waals surface area contributed by atoms with Gasteiger partial charge < -0.3 is 20.4 Å². The summed E-state index contributed by atoms with van der Waals surface area (Å²) in [6.07, 6.45) is -0.736. The fourth-order valence-electron chi connectivity index (χ4n) is 0.566. The van der Waals surface area contributed by atoms with Crippen molar-refractivity contribution in [3.63, 3.8) is 0 Å². The second kappa shape index (κ2) is 3.88. The first-order chi connectivity index (χ1) is 4.50. The molecule has 0 aromatic heterocycles. The van der Waals surface area contributed by atoms with Crippen molar-refractivity contribution in [3.8, 4) is 0 Å². The standard InChI is InChI=1S/C6H14O4/c1-2-3-4-6(9,10)5(7)8/h5,7-10H,2-4H2,1H3. The maximum Gasteiger partial charge on any atom is 0.215 e. The van der Waals surface area contributed by atoms with Crippen LogP contribution in [0.15, 0.2) is 0 Å². The molecule has 0 rings (SSSR count). The van der Waals surface area contributed by atoms with Crippen molar-refractivity contribution >= 4 is 0 Å². The van der Waals surface area contributed by atoms with Crippen LogP contribution in [0.5, 0.6) is 0 Å². The van der Waals surface area contributed by atoms with E-state index in [9.17, 15) is 0 Å². The van der Waals surface area contributed by atoms with Crippen LogP contribution >= 0.6 is 0 Å². The lowest BCUT2D eigenvalue weighted by atomic mass is 10.1. The van der Waals surface area contributed by atoms with E-state index in [-0.39, 0.29) is 6.42 Å². The van der Waals surface area contributed by atoms with Gasteiger partial charge in [-0.15, -0.1) is 0 Å². The monoisotopic (exact) mass is 150 g/mol. The highest BCUT2D eigenvalue weighted by molar-refractivity contribution is 4.65. The molecule has 0 unspecified atom stereocenters. The summed E-state index contributed by atoms with van der Waals surface area (Å²) in [5.74, 6) is -2.34. The fraction of sp³-hybridized carbons (Fsp3) is 1.00. The van der Waals surface area contributed by atoms with E-state index in [4.69, 9.17) is 20.4 Å². The van der Waals surface area contributed by atoms with E-state index in [1.807, 2.05) is 6.92 Å². The summed E-state index contributed by atoms with van der Waals surface area (Å²) >= 11 is 0. The molecule has 0 spiro atoms. The van der Waals surface area contributed by atoms with Gasteiger partial charge >= 0.3 is 0 Å². The molecule has 62 valence electrons. The van der Waals surface area contributed by atoms with Gasteiger partial charge in [0.15, 0.2) is 0 Å². The molecule has 0 aliphatic heterocycles. The van der Waals surface area contributed by atoms with Crippen molar-refractivity contribution in [3.05, 3.63) is 0 Å². The number of aliphatic hydroxyl groups is 4. The second-order valence-corrected chi connectivity index (χ2v) is 2.36. The third-order valence-corrected chi connectivity index (χ3v) is 1.31. The molecule has 0 amide bonds. The Kier molecular flexibility index (Phi) is 3.81. The second-order valence-electron chi connectivity index (χ2n) is 2.36. The quantitative estimate of drug-likeness (QED) is 0.394. The summed E-state index contributed by atoms with van der Waals surface area (Å²) < 4.78 is 0. The first-order valence-electron chi connectivity index (χ1n) is 3.31. The highest BCUT2D eigenvalue weighted by Gasteiger charge is 2.30. The summed E-state index contributed by atoms with van der Waals surface area (Å²) in [6, 6.07) is 0. The van der Waals surface area contributed by atoms with E-state index in [0.29, 0.717) is 6.42 Å². The van der Waals surface area contributed by atoms with E-state index in [1.165, 1.54) is 0 Å².